The van der Waals surface area contributed by atoms with E-state index in [0.29, 0.717) is 48.2 Å². The van der Waals surface area contributed by atoms with E-state index in [4.69, 9.17) is 9.15 Å². The van der Waals surface area contributed by atoms with Crippen molar-refractivity contribution >= 4 is 11.6 Å². The van der Waals surface area contributed by atoms with Crippen molar-refractivity contribution in [2.24, 2.45) is 5.92 Å². The molecule has 1 fully saturated rings. The average Bonchev–Trinajstić information content (AvgIpc) is 3.57. The van der Waals surface area contributed by atoms with Crippen molar-refractivity contribution in [3.63, 3.8) is 0 Å². The number of nitrogens with one attached hydrogen (secondary N) is 1. The van der Waals surface area contributed by atoms with Crippen molar-refractivity contribution in [1.29, 1.82) is 0 Å². The molecule has 3 heterocycles. The van der Waals surface area contributed by atoms with Crippen LogP contribution in [0.3, 0.4) is 0 Å². The molecule has 5 rings (SSSR count). The topological polar surface area (TPSA) is 69.3 Å². The molecule has 1 aliphatic heterocycles. The zero-order valence-electron chi connectivity index (χ0n) is 17.6. The van der Waals surface area contributed by atoms with Crippen LogP contribution in [0.5, 0.6) is 0 Å². The Morgan fingerprint density at radius 3 is 2.70 bits per heavy atom. The van der Waals surface area contributed by atoms with Crippen molar-refractivity contribution in [1.82, 2.24) is 9.55 Å². The van der Waals surface area contributed by atoms with E-state index in [1.807, 2.05) is 4.57 Å². The second kappa shape index (κ2) is 8.99. The van der Waals surface area contributed by atoms with E-state index in [0.717, 1.165) is 6.42 Å². The SMILES string of the molecule is O=C(Nc1ccccc1F)c1occc1-c1c(-c2ccc(F)cc2)ncn1CC1CCOC1. The first kappa shape index (κ1) is 21.1. The van der Waals surface area contributed by atoms with Crippen LogP contribution in [0.2, 0.25) is 0 Å². The number of para-hydroxylation sites is 1. The number of halogens is 2. The Labute approximate surface area is 188 Å². The molecule has 0 bridgehead atoms. The quantitative estimate of drug-likeness (QED) is 0.429. The number of carbonyl (C=O) groups is 1. The standard InChI is InChI=1S/C25H21F2N3O3/c26-18-7-5-17(6-8-18)22-23(30(15-28-22)13-16-9-11-32-14-16)19-10-12-33-24(19)25(31)29-21-4-2-1-3-20(21)27/h1-8,10,12,15-16H,9,11,13-14H2,(H,29,31). The van der Waals surface area contributed by atoms with Gasteiger partial charge in [0, 0.05) is 24.6 Å². The molecule has 0 radical (unpaired) electrons. The molecule has 1 saturated heterocycles. The molecule has 8 heteroatoms. The Morgan fingerprint density at radius 2 is 1.94 bits per heavy atom. The molecule has 33 heavy (non-hydrogen) atoms. The highest BCUT2D eigenvalue weighted by atomic mass is 19.1. The number of imidazole rings is 1. The number of rotatable bonds is 6. The van der Waals surface area contributed by atoms with Crippen LogP contribution in [0.25, 0.3) is 22.5 Å². The molecule has 1 amide bonds. The van der Waals surface area contributed by atoms with Crippen LogP contribution in [0.4, 0.5) is 14.5 Å². The van der Waals surface area contributed by atoms with E-state index in [-0.39, 0.29) is 17.3 Å². The monoisotopic (exact) mass is 449 g/mol. The van der Waals surface area contributed by atoms with Gasteiger partial charge in [0.25, 0.3) is 5.91 Å². The molecule has 0 saturated carbocycles. The number of nitrogens with zero attached hydrogens (tertiary/aromatic N) is 2. The first-order valence-corrected chi connectivity index (χ1v) is 10.6. The smallest absolute Gasteiger partial charge is 0.292 e. The zero-order chi connectivity index (χ0) is 22.8. The second-order valence-electron chi connectivity index (χ2n) is 7.93. The van der Waals surface area contributed by atoms with Crippen LogP contribution in [-0.2, 0) is 11.3 Å². The van der Waals surface area contributed by atoms with Gasteiger partial charge in [0.05, 0.1) is 41.8 Å². The lowest BCUT2D eigenvalue weighted by Crippen LogP contribution is -2.15. The van der Waals surface area contributed by atoms with Crippen LogP contribution in [0.1, 0.15) is 17.0 Å². The Hall–Kier alpha value is -3.78. The third kappa shape index (κ3) is 4.29. The van der Waals surface area contributed by atoms with Gasteiger partial charge >= 0.3 is 0 Å². The lowest BCUT2D eigenvalue weighted by Gasteiger charge is -2.14. The van der Waals surface area contributed by atoms with Gasteiger partial charge in [0.2, 0.25) is 5.76 Å². The van der Waals surface area contributed by atoms with Crippen molar-refractivity contribution in [3.8, 4) is 22.5 Å². The van der Waals surface area contributed by atoms with E-state index in [1.54, 1.807) is 36.7 Å². The number of carbonyl (C=O) groups excluding carboxylic acids is 1. The van der Waals surface area contributed by atoms with E-state index >= 15 is 0 Å². The molecule has 2 aromatic carbocycles. The highest BCUT2D eigenvalue weighted by Crippen LogP contribution is 2.35. The maximum atomic E-state index is 14.1. The average molecular weight is 449 g/mol. The lowest BCUT2D eigenvalue weighted by atomic mass is 10.0. The third-order valence-corrected chi connectivity index (χ3v) is 5.68. The van der Waals surface area contributed by atoms with Crippen molar-refractivity contribution in [3.05, 3.63) is 84.6 Å². The highest BCUT2D eigenvalue weighted by Gasteiger charge is 2.26. The fourth-order valence-corrected chi connectivity index (χ4v) is 4.04. The number of benzene rings is 2. The Morgan fingerprint density at radius 1 is 1.12 bits per heavy atom. The van der Waals surface area contributed by atoms with Gasteiger partial charge in [0.1, 0.15) is 11.6 Å². The van der Waals surface area contributed by atoms with Crippen molar-refractivity contribution in [2.45, 2.75) is 13.0 Å². The zero-order valence-corrected chi connectivity index (χ0v) is 17.6. The summed E-state index contributed by atoms with van der Waals surface area (Å²) < 4.78 is 40.6. The van der Waals surface area contributed by atoms with Crippen molar-refractivity contribution in [2.75, 3.05) is 18.5 Å². The number of anilines is 1. The number of hydrogen-bond acceptors (Lipinski definition) is 4. The van der Waals surface area contributed by atoms with Crippen LogP contribution in [0, 0.1) is 17.6 Å². The molecule has 1 aliphatic rings. The van der Waals surface area contributed by atoms with Gasteiger partial charge in [-0.3, -0.25) is 4.79 Å². The summed E-state index contributed by atoms with van der Waals surface area (Å²) in [5.74, 6) is -1.14. The number of ether oxygens (including phenoxy) is 1. The summed E-state index contributed by atoms with van der Waals surface area (Å²) in [4.78, 5) is 17.6. The summed E-state index contributed by atoms with van der Waals surface area (Å²) in [5, 5.41) is 2.57. The van der Waals surface area contributed by atoms with Gasteiger partial charge < -0.3 is 19.0 Å². The molecule has 1 atom stereocenters. The molecular formula is C25H21F2N3O3. The molecule has 6 nitrogen and oxygen atoms in total. The largest absolute Gasteiger partial charge is 0.458 e. The van der Waals surface area contributed by atoms with E-state index in [2.05, 4.69) is 10.3 Å². The first-order valence-electron chi connectivity index (χ1n) is 10.6. The van der Waals surface area contributed by atoms with Gasteiger partial charge in [-0.15, -0.1) is 0 Å². The van der Waals surface area contributed by atoms with Crippen LogP contribution >= 0.6 is 0 Å². The minimum atomic E-state index is -0.581. The van der Waals surface area contributed by atoms with E-state index < -0.39 is 11.7 Å². The fraction of sp³-hybridized carbons (Fsp3) is 0.200. The minimum absolute atomic E-state index is 0.0334. The first-order chi connectivity index (χ1) is 16.1. The summed E-state index contributed by atoms with van der Waals surface area (Å²) in [6, 6.07) is 13.6. The van der Waals surface area contributed by atoms with Gasteiger partial charge in [-0.05, 0) is 48.9 Å². The predicted octanol–water partition coefficient (Wildman–Crippen LogP) is 5.38. The predicted molar refractivity (Wildman–Crippen MR) is 119 cm³/mol. The van der Waals surface area contributed by atoms with E-state index in [9.17, 15) is 13.6 Å². The van der Waals surface area contributed by atoms with Gasteiger partial charge in [-0.25, -0.2) is 13.8 Å². The number of amides is 1. The van der Waals surface area contributed by atoms with Gasteiger partial charge in [-0.1, -0.05) is 12.1 Å². The normalized spacial score (nSPS) is 15.6. The van der Waals surface area contributed by atoms with Crippen molar-refractivity contribution < 1.29 is 22.7 Å². The number of aromatic nitrogens is 2. The second-order valence-corrected chi connectivity index (χ2v) is 7.93. The minimum Gasteiger partial charge on any atom is -0.458 e. The maximum absolute atomic E-state index is 14.1. The number of hydrogen-bond donors (Lipinski definition) is 1. The number of furan rings is 1. The van der Waals surface area contributed by atoms with Crippen LogP contribution < -0.4 is 5.32 Å². The maximum Gasteiger partial charge on any atom is 0.292 e. The van der Waals surface area contributed by atoms with Crippen LogP contribution in [-0.4, -0.2) is 28.7 Å². The van der Waals surface area contributed by atoms with Gasteiger partial charge in [-0.2, -0.15) is 0 Å². The Balaban J connectivity index is 1.56. The van der Waals surface area contributed by atoms with E-state index in [1.165, 1.54) is 30.5 Å². The fourth-order valence-electron chi connectivity index (χ4n) is 4.04. The molecular weight excluding hydrogens is 428 g/mol. The molecule has 2 aromatic heterocycles. The Bertz CT molecular complexity index is 1270. The Kier molecular flexibility index (Phi) is 5.75. The molecule has 168 valence electrons. The lowest BCUT2D eigenvalue weighted by molar-refractivity contribution is 0.0997. The summed E-state index contributed by atoms with van der Waals surface area (Å²) in [7, 11) is 0. The summed E-state index contributed by atoms with van der Waals surface area (Å²) in [5.41, 5.74) is 2.53. The summed E-state index contributed by atoms with van der Waals surface area (Å²) in [6.45, 7) is 2.00. The molecule has 0 aliphatic carbocycles. The highest BCUT2D eigenvalue weighted by molar-refractivity contribution is 6.07. The molecule has 4 aromatic rings. The molecule has 0 spiro atoms. The summed E-state index contributed by atoms with van der Waals surface area (Å²) >= 11 is 0. The molecule has 1 N–H and O–H groups in total. The summed E-state index contributed by atoms with van der Waals surface area (Å²) in [6.07, 6.45) is 4.05. The third-order valence-electron chi connectivity index (χ3n) is 5.68. The van der Waals surface area contributed by atoms with Gasteiger partial charge in [0.15, 0.2) is 0 Å². The molecule has 1 unspecified atom stereocenters. The van der Waals surface area contributed by atoms with Crippen LogP contribution in [0.15, 0.2) is 71.6 Å².